The molecule has 1 aliphatic rings. The lowest BCUT2D eigenvalue weighted by molar-refractivity contribution is -0.138. The van der Waals surface area contributed by atoms with Crippen LogP contribution in [0.3, 0.4) is 0 Å². The van der Waals surface area contributed by atoms with Gasteiger partial charge in [0.25, 0.3) is 0 Å². The third kappa shape index (κ3) is 3.69. The number of carbonyl (C=O) groups is 2. The number of nitrogens with one attached hydrogen (secondary N) is 1. The number of hydrogen-bond donors (Lipinski definition) is 2. The van der Waals surface area contributed by atoms with Crippen LogP contribution in [0.15, 0.2) is 4.52 Å². The summed E-state index contributed by atoms with van der Waals surface area (Å²) in [4.78, 5) is 28.5. The molecule has 2 heterocycles. The Morgan fingerprint density at radius 2 is 2.30 bits per heavy atom. The molecule has 2 N–H and O–H groups in total. The molecule has 0 bridgehead atoms. The molecule has 1 aromatic rings. The van der Waals surface area contributed by atoms with Crippen molar-refractivity contribution in [3.63, 3.8) is 0 Å². The summed E-state index contributed by atoms with van der Waals surface area (Å²) < 4.78 is 4.81. The van der Waals surface area contributed by atoms with Gasteiger partial charge in [-0.15, -0.1) is 0 Å². The largest absolute Gasteiger partial charge is 0.481 e. The summed E-state index contributed by atoms with van der Waals surface area (Å²) in [7, 11) is 0. The monoisotopic (exact) mass is 282 g/mol. The number of aryl methyl sites for hydroxylation is 1. The van der Waals surface area contributed by atoms with Crippen molar-refractivity contribution in [2.75, 3.05) is 6.54 Å². The van der Waals surface area contributed by atoms with E-state index in [2.05, 4.69) is 15.5 Å². The van der Waals surface area contributed by atoms with Crippen LogP contribution in [0.4, 0.5) is 4.79 Å². The Morgan fingerprint density at radius 1 is 1.50 bits per heavy atom. The second-order valence-electron chi connectivity index (χ2n) is 4.83. The van der Waals surface area contributed by atoms with E-state index in [0.29, 0.717) is 18.3 Å². The first kappa shape index (κ1) is 14.3. The average Bonchev–Trinajstić information content (AvgIpc) is 2.82. The Labute approximate surface area is 116 Å². The van der Waals surface area contributed by atoms with Gasteiger partial charge in [-0.3, -0.25) is 4.79 Å². The number of piperidine rings is 1. The number of hydrogen-bond acceptors (Lipinski definition) is 5. The molecule has 8 nitrogen and oxygen atoms in total. The highest BCUT2D eigenvalue weighted by Crippen LogP contribution is 2.19. The lowest BCUT2D eigenvalue weighted by atomic mass is 10.00. The van der Waals surface area contributed by atoms with E-state index in [1.807, 2.05) is 0 Å². The van der Waals surface area contributed by atoms with Crippen LogP contribution in [0.2, 0.25) is 0 Å². The van der Waals surface area contributed by atoms with Gasteiger partial charge in [0.1, 0.15) is 0 Å². The summed E-state index contributed by atoms with van der Waals surface area (Å²) in [5, 5.41) is 15.3. The molecule has 0 radical (unpaired) electrons. The fraction of sp³-hybridized carbons (Fsp3) is 0.667. The van der Waals surface area contributed by atoms with Crippen LogP contribution in [0.1, 0.15) is 37.4 Å². The van der Waals surface area contributed by atoms with Gasteiger partial charge in [0.2, 0.25) is 5.89 Å². The van der Waals surface area contributed by atoms with Gasteiger partial charge < -0.3 is 19.8 Å². The molecule has 1 atom stereocenters. The van der Waals surface area contributed by atoms with E-state index < -0.39 is 5.97 Å². The zero-order valence-corrected chi connectivity index (χ0v) is 11.3. The first-order chi connectivity index (χ1) is 9.56. The third-order valence-corrected chi connectivity index (χ3v) is 3.27. The average molecular weight is 282 g/mol. The van der Waals surface area contributed by atoms with E-state index in [-0.39, 0.29) is 25.0 Å². The molecular weight excluding hydrogens is 264 g/mol. The number of carboxylic acids is 1. The zero-order chi connectivity index (χ0) is 14.5. The van der Waals surface area contributed by atoms with Crippen LogP contribution in [0.25, 0.3) is 0 Å². The lowest BCUT2D eigenvalue weighted by Crippen LogP contribution is -2.49. The predicted molar refractivity (Wildman–Crippen MR) is 67.9 cm³/mol. The highest BCUT2D eigenvalue weighted by molar-refractivity contribution is 5.76. The van der Waals surface area contributed by atoms with E-state index in [1.165, 1.54) is 0 Å². The zero-order valence-electron chi connectivity index (χ0n) is 11.3. The summed E-state index contributed by atoms with van der Waals surface area (Å²) in [6.07, 6.45) is 2.55. The van der Waals surface area contributed by atoms with Gasteiger partial charge in [0.15, 0.2) is 5.82 Å². The molecule has 0 aromatic carbocycles. The first-order valence-electron chi connectivity index (χ1n) is 6.61. The molecule has 0 spiro atoms. The summed E-state index contributed by atoms with van der Waals surface area (Å²) >= 11 is 0. The van der Waals surface area contributed by atoms with Crippen LogP contribution in [-0.2, 0) is 11.3 Å². The summed E-state index contributed by atoms with van der Waals surface area (Å²) in [5.41, 5.74) is 0. The molecule has 1 aromatic heterocycles. The molecule has 20 heavy (non-hydrogen) atoms. The summed E-state index contributed by atoms with van der Waals surface area (Å²) in [6, 6.07) is -0.522. The Hall–Kier alpha value is -2.12. The normalized spacial score (nSPS) is 18.9. The van der Waals surface area contributed by atoms with Gasteiger partial charge in [0.05, 0.1) is 13.0 Å². The number of amides is 2. The van der Waals surface area contributed by atoms with E-state index in [0.717, 1.165) is 19.3 Å². The van der Waals surface area contributed by atoms with Crippen molar-refractivity contribution in [2.45, 2.75) is 45.2 Å². The molecule has 2 rings (SSSR count). The molecule has 1 aliphatic heterocycles. The lowest BCUT2D eigenvalue weighted by Gasteiger charge is -2.34. The number of carboxylic acid groups (broad SMARTS) is 1. The SMILES string of the molecule is Cc1nc(CNC(=O)N2CCCCC2CC(=O)O)no1. The van der Waals surface area contributed by atoms with Crippen molar-refractivity contribution in [1.29, 1.82) is 0 Å². The maximum atomic E-state index is 12.1. The molecule has 2 amide bonds. The van der Waals surface area contributed by atoms with Crippen molar-refractivity contribution in [2.24, 2.45) is 0 Å². The predicted octanol–water partition coefficient (Wildman–Crippen LogP) is 0.917. The fourth-order valence-electron chi connectivity index (χ4n) is 2.35. The second kappa shape index (κ2) is 6.36. The van der Waals surface area contributed by atoms with Gasteiger partial charge in [-0.2, -0.15) is 4.98 Å². The molecule has 0 saturated carbocycles. The maximum Gasteiger partial charge on any atom is 0.318 e. The number of nitrogens with zero attached hydrogens (tertiary/aromatic N) is 3. The Morgan fingerprint density at radius 3 is 2.95 bits per heavy atom. The second-order valence-corrected chi connectivity index (χ2v) is 4.83. The van der Waals surface area contributed by atoms with E-state index >= 15 is 0 Å². The highest BCUT2D eigenvalue weighted by atomic mass is 16.5. The highest BCUT2D eigenvalue weighted by Gasteiger charge is 2.28. The van der Waals surface area contributed by atoms with Crippen molar-refractivity contribution in [1.82, 2.24) is 20.4 Å². The van der Waals surface area contributed by atoms with Crippen LogP contribution in [0.5, 0.6) is 0 Å². The Balaban J connectivity index is 1.90. The van der Waals surface area contributed by atoms with Gasteiger partial charge >= 0.3 is 12.0 Å². The van der Waals surface area contributed by atoms with E-state index in [9.17, 15) is 9.59 Å². The van der Waals surface area contributed by atoms with E-state index in [4.69, 9.17) is 9.63 Å². The van der Waals surface area contributed by atoms with Crippen LogP contribution in [-0.4, -0.2) is 44.7 Å². The molecule has 0 aliphatic carbocycles. The molecular formula is C12H18N4O4. The number of aliphatic carboxylic acids is 1. The standard InChI is InChI=1S/C12H18N4O4/c1-8-14-10(15-20-8)7-13-12(19)16-5-3-2-4-9(16)6-11(17)18/h9H,2-7H2,1H3,(H,13,19)(H,17,18). The summed E-state index contributed by atoms with van der Waals surface area (Å²) in [6.45, 7) is 2.42. The Bertz CT molecular complexity index is 488. The molecule has 1 fully saturated rings. The molecule has 8 heteroatoms. The number of rotatable bonds is 4. The molecule has 110 valence electrons. The molecule has 1 saturated heterocycles. The van der Waals surface area contributed by atoms with Gasteiger partial charge in [-0.1, -0.05) is 5.16 Å². The third-order valence-electron chi connectivity index (χ3n) is 3.27. The van der Waals surface area contributed by atoms with Crippen LogP contribution in [0, 0.1) is 6.92 Å². The maximum absolute atomic E-state index is 12.1. The van der Waals surface area contributed by atoms with E-state index in [1.54, 1.807) is 11.8 Å². The number of urea groups is 1. The van der Waals surface area contributed by atoms with Crippen LogP contribution < -0.4 is 5.32 Å². The number of aromatic nitrogens is 2. The van der Waals surface area contributed by atoms with Crippen molar-refractivity contribution in [3.8, 4) is 0 Å². The van der Waals surface area contributed by atoms with Gasteiger partial charge in [0, 0.05) is 19.5 Å². The number of carbonyl (C=O) groups excluding carboxylic acids is 1. The van der Waals surface area contributed by atoms with Crippen molar-refractivity contribution < 1.29 is 19.2 Å². The van der Waals surface area contributed by atoms with Crippen molar-refractivity contribution >= 4 is 12.0 Å². The topological polar surface area (TPSA) is 109 Å². The van der Waals surface area contributed by atoms with Gasteiger partial charge in [-0.25, -0.2) is 4.79 Å². The first-order valence-corrected chi connectivity index (χ1v) is 6.61. The quantitative estimate of drug-likeness (QED) is 0.850. The smallest absolute Gasteiger partial charge is 0.318 e. The van der Waals surface area contributed by atoms with Gasteiger partial charge in [-0.05, 0) is 19.3 Å². The fourth-order valence-corrected chi connectivity index (χ4v) is 2.35. The molecule has 1 unspecified atom stereocenters. The summed E-state index contributed by atoms with van der Waals surface area (Å²) in [5.74, 6) is -0.0397. The Kier molecular flexibility index (Phi) is 4.54. The van der Waals surface area contributed by atoms with Crippen molar-refractivity contribution in [3.05, 3.63) is 11.7 Å². The minimum Gasteiger partial charge on any atom is -0.481 e. The van der Waals surface area contributed by atoms with Crippen LogP contribution >= 0.6 is 0 Å². The minimum atomic E-state index is -0.886. The minimum absolute atomic E-state index is 0.0191. The number of likely N-dealkylation sites (tertiary alicyclic amines) is 1.